The van der Waals surface area contributed by atoms with E-state index in [0.29, 0.717) is 18.8 Å². The lowest BCUT2D eigenvalue weighted by Gasteiger charge is -2.35. The maximum absolute atomic E-state index is 6.01. The molecule has 3 nitrogen and oxygen atoms in total. The van der Waals surface area contributed by atoms with Gasteiger partial charge in [-0.2, -0.15) is 0 Å². The van der Waals surface area contributed by atoms with Crippen molar-refractivity contribution in [3.63, 3.8) is 0 Å². The number of benzene rings is 1. The van der Waals surface area contributed by atoms with Crippen LogP contribution < -0.4 is 10.6 Å². The first-order chi connectivity index (χ1) is 8.26. The van der Waals surface area contributed by atoms with E-state index in [9.17, 15) is 0 Å². The van der Waals surface area contributed by atoms with Crippen LogP contribution in [-0.4, -0.2) is 25.3 Å². The van der Waals surface area contributed by atoms with E-state index in [4.69, 9.17) is 22.1 Å². The summed E-state index contributed by atoms with van der Waals surface area (Å²) in [6.07, 6.45) is 3.17. The monoisotopic (exact) mass is 252 g/mol. The molecule has 92 valence electrons. The van der Waals surface area contributed by atoms with Crippen molar-refractivity contribution >= 4 is 17.3 Å². The fraction of sp³-hybridized carbons (Fsp3) is 0.538. The van der Waals surface area contributed by atoms with Gasteiger partial charge in [0.1, 0.15) is 0 Å². The number of ether oxygens (including phenoxy) is 1. The van der Waals surface area contributed by atoms with Gasteiger partial charge in [-0.25, -0.2) is 0 Å². The SMILES string of the molecule is NCc1cc(Cl)ccc1N1CC2CCC(C1)O2. The number of morpholine rings is 1. The van der Waals surface area contributed by atoms with Gasteiger partial charge in [0.25, 0.3) is 0 Å². The zero-order valence-corrected chi connectivity index (χ0v) is 10.5. The molecule has 2 fully saturated rings. The van der Waals surface area contributed by atoms with E-state index in [1.165, 1.54) is 18.5 Å². The summed E-state index contributed by atoms with van der Waals surface area (Å²) >= 11 is 6.01. The Kier molecular flexibility index (Phi) is 2.99. The van der Waals surface area contributed by atoms with Gasteiger partial charge >= 0.3 is 0 Å². The quantitative estimate of drug-likeness (QED) is 0.877. The van der Waals surface area contributed by atoms with Gasteiger partial charge in [0.05, 0.1) is 12.2 Å². The van der Waals surface area contributed by atoms with Crippen LogP contribution in [0.25, 0.3) is 0 Å². The topological polar surface area (TPSA) is 38.5 Å². The third-order valence-corrected chi connectivity index (χ3v) is 3.88. The Morgan fingerprint density at radius 1 is 1.29 bits per heavy atom. The van der Waals surface area contributed by atoms with E-state index in [1.807, 2.05) is 12.1 Å². The zero-order valence-electron chi connectivity index (χ0n) is 9.73. The molecule has 2 heterocycles. The van der Waals surface area contributed by atoms with Crippen molar-refractivity contribution in [1.29, 1.82) is 0 Å². The second kappa shape index (κ2) is 4.48. The van der Waals surface area contributed by atoms with Crippen LogP contribution in [0.5, 0.6) is 0 Å². The summed E-state index contributed by atoms with van der Waals surface area (Å²) in [7, 11) is 0. The molecule has 2 aliphatic heterocycles. The molecular weight excluding hydrogens is 236 g/mol. The maximum Gasteiger partial charge on any atom is 0.0755 e. The highest BCUT2D eigenvalue weighted by molar-refractivity contribution is 6.30. The normalized spacial score (nSPS) is 27.5. The fourth-order valence-electron chi connectivity index (χ4n) is 2.84. The number of anilines is 1. The molecule has 2 atom stereocenters. The van der Waals surface area contributed by atoms with E-state index in [-0.39, 0.29) is 0 Å². The lowest BCUT2D eigenvalue weighted by atomic mass is 10.1. The summed E-state index contributed by atoms with van der Waals surface area (Å²) < 4.78 is 5.85. The van der Waals surface area contributed by atoms with E-state index in [1.54, 1.807) is 0 Å². The Morgan fingerprint density at radius 3 is 2.65 bits per heavy atom. The van der Waals surface area contributed by atoms with Crippen LogP contribution >= 0.6 is 11.6 Å². The fourth-order valence-corrected chi connectivity index (χ4v) is 3.03. The predicted molar refractivity (Wildman–Crippen MR) is 69.5 cm³/mol. The third-order valence-electron chi connectivity index (χ3n) is 3.65. The Hall–Kier alpha value is -0.770. The van der Waals surface area contributed by atoms with Gasteiger partial charge in [-0.15, -0.1) is 0 Å². The molecular formula is C13H17ClN2O. The Bertz CT molecular complexity index is 412. The van der Waals surface area contributed by atoms with Crippen molar-refractivity contribution in [1.82, 2.24) is 0 Å². The van der Waals surface area contributed by atoms with Crippen LogP contribution in [-0.2, 0) is 11.3 Å². The number of nitrogens with zero attached hydrogens (tertiary/aromatic N) is 1. The molecule has 3 rings (SSSR count). The third kappa shape index (κ3) is 2.15. The summed E-state index contributed by atoms with van der Waals surface area (Å²) in [5, 5.41) is 0.755. The second-order valence-corrected chi connectivity index (χ2v) is 5.28. The van der Waals surface area contributed by atoms with Gasteiger partial charge < -0.3 is 15.4 Å². The molecule has 0 aliphatic carbocycles. The molecule has 2 N–H and O–H groups in total. The number of fused-ring (bicyclic) bond motifs is 2. The van der Waals surface area contributed by atoms with Crippen molar-refractivity contribution in [2.75, 3.05) is 18.0 Å². The van der Waals surface area contributed by atoms with E-state index in [0.717, 1.165) is 23.7 Å². The van der Waals surface area contributed by atoms with Crippen molar-refractivity contribution in [3.8, 4) is 0 Å². The highest BCUT2D eigenvalue weighted by Gasteiger charge is 2.34. The minimum atomic E-state index is 0.398. The van der Waals surface area contributed by atoms with Crippen LogP contribution in [0.15, 0.2) is 18.2 Å². The van der Waals surface area contributed by atoms with Gasteiger partial charge in [-0.3, -0.25) is 0 Å². The molecule has 4 heteroatoms. The first-order valence-electron chi connectivity index (χ1n) is 6.15. The van der Waals surface area contributed by atoms with Crippen molar-refractivity contribution < 1.29 is 4.74 Å². The standard InChI is InChI=1S/C13H17ClN2O/c14-10-1-4-13(9(5-10)6-15)16-7-11-2-3-12(8-16)17-11/h1,4-5,11-12H,2-3,6-8,15H2. The summed E-state index contributed by atoms with van der Waals surface area (Å²) in [4.78, 5) is 2.39. The van der Waals surface area contributed by atoms with Crippen molar-refractivity contribution in [2.24, 2.45) is 5.73 Å². The van der Waals surface area contributed by atoms with Crippen LogP contribution in [0.3, 0.4) is 0 Å². The summed E-state index contributed by atoms with van der Waals surface area (Å²) in [5.41, 5.74) is 8.14. The van der Waals surface area contributed by atoms with Gasteiger partial charge in [-0.05, 0) is 36.6 Å². The number of nitrogens with two attached hydrogens (primary N) is 1. The lowest BCUT2D eigenvalue weighted by Crippen LogP contribution is -2.43. The van der Waals surface area contributed by atoms with E-state index in [2.05, 4.69) is 11.0 Å². The predicted octanol–water partition coefficient (Wildman–Crippen LogP) is 2.17. The molecule has 2 aliphatic rings. The molecule has 0 radical (unpaired) electrons. The molecule has 0 aromatic heterocycles. The number of rotatable bonds is 2. The molecule has 2 saturated heterocycles. The van der Waals surface area contributed by atoms with E-state index >= 15 is 0 Å². The van der Waals surface area contributed by atoms with Crippen molar-refractivity contribution in [2.45, 2.75) is 31.6 Å². The summed E-state index contributed by atoms with van der Waals surface area (Å²) in [5.74, 6) is 0. The van der Waals surface area contributed by atoms with Gasteiger partial charge in [-0.1, -0.05) is 11.6 Å². The smallest absolute Gasteiger partial charge is 0.0755 e. The molecule has 0 saturated carbocycles. The zero-order chi connectivity index (χ0) is 11.8. The molecule has 0 spiro atoms. The van der Waals surface area contributed by atoms with Crippen LogP contribution in [0.4, 0.5) is 5.69 Å². The Labute approximate surface area is 106 Å². The van der Waals surface area contributed by atoms with Crippen LogP contribution in [0.1, 0.15) is 18.4 Å². The minimum Gasteiger partial charge on any atom is -0.371 e. The lowest BCUT2D eigenvalue weighted by molar-refractivity contribution is 0.0304. The highest BCUT2D eigenvalue weighted by atomic mass is 35.5. The molecule has 17 heavy (non-hydrogen) atoms. The minimum absolute atomic E-state index is 0.398. The molecule has 0 amide bonds. The van der Waals surface area contributed by atoms with Crippen LogP contribution in [0, 0.1) is 0 Å². The first-order valence-corrected chi connectivity index (χ1v) is 6.53. The average Bonchev–Trinajstić information content (AvgIpc) is 2.68. The van der Waals surface area contributed by atoms with E-state index < -0.39 is 0 Å². The van der Waals surface area contributed by atoms with Gasteiger partial charge in [0.2, 0.25) is 0 Å². The Morgan fingerprint density at radius 2 is 2.00 bits per heavy atom. The highest BCUT2D eigenvalue weighted by Crippen LogP contribution is 2.32. The second-order valence-electron chi connectivity index (χ2n) is 4.84. The Balaban J connectivity index is 1.88. The number of hydrogen-bond donors (Lipinski definition) is 1. The number of halogens is 1. The van der Waals surface area contributed by atoms with Crippen LogP contribution in [0.2, 0.25) is 5.02 Å². The molecule has 2 unspecified atom stereocenters. The largest absolute Gasteiger partial charge is 0.371 e. The van der Waals surface area contributed by atoms with Gasteiger partial charge in [0.15, 0.2) is 0 Å². The average molecular weight is 253 g/mol. The summed E-state index contributed by atoms with van der Waals surface area (Å²) in [6, 6.07) is 5.98. The molecule has 2 bridgehead atoms. The first kappa shape index (κ1) is 11.3. The summed E-state index contributed by atoms with van der Waals surface area (Å²) in [6.45, 7) is 2.48. The maximum atomic E-state index is 6.01. The molecule has 1 aromatic carbocycles. The number of hydrogen-bond acceptors (Lipinski definition) is 3. The van der Waals surface area contributed by atoms with Crippen molar-refractivity contribution in [3.05, 3.63) is 28.8 Å². The van der Waals surface area contributed by atoms with Gasteiger partial charge in [0, 0.05) is 30.3 Å². The molecule has 1 aromatic rings.